The maximum absolute atomic E-state index is 5.64. The Morgan fingerprint density at radius 3 is 2.71 bits per heavy atom. The Morgan fingerprint density at radius 1 is 1.50 bits per heavy atom. The molecule has 1 aromatic heterocycles. The molecule has 78 valence electrons. The van der Waals surface area contributed by atoms with Crippen LogP contribution in [0.25, 0.3) is 0 Å². The lowest BCUT2D eigenvalue weighted by Gasteiger charge is -2.25. The van der Waals surface area contributed by atoms with Gasteiger partial charge in [0.1, 0.15) is 22.4 Å². The smallest absolute Gasteiger partial charge is 0.146 e. The summed E-state index contributed by atoms with van der Waals surface area (Å²) in [6.45, 7) is 6.33. The maximum Gasteiger partial charge on any atom is 0.146 e. The van der Waals surface area contributed by atoms with E-state index in [-0.39, 0.29) is 5.54 Å². The van der Waals surface area contributed by atoms with E-state index in [0.717, 1.165) is 16.7 Å². The minimum absolute atomic E-state index is 0.00329. The van der Waals surface area contributed by atoms with Crippen molar-refractivity contribution in [2.75, 3.05) is 11.1 Å². The molecule has 0 fully saturated rings. The number of nitrogens with one attached hydrogen (secondary N) is 1. The van der Waals surface area contributed by atoms with E-state index in [0.29, 0.717) is 5.82 Å². The van der Waals surface area contributed by atoms with E-state index in [4.69, 9.17) is 5.73 Å². The largest absolute Gasteiger partial charge is 0.383 e. The summed E-state index contributed by atoms with van der Waals surface area (Å²) < 4.78 is 0.724. The highest BCUT2D eigenvalue weighted by molar-refractivity contribution is 9.10. The fraction of sp³-hybridized carbons (Fsp3) is 0.556. The Hall–Kier alpha value is -0.840. The zero-order chi connectivity index (χ0) is 10.8. The molecule has 1 heterocycles. The molecule has 0 saturated heterocycles. The molecule has 0 amide bonds. The summed E-state index contributed by atoms with van der Waals surface area (Å²) in [6, 6.07) is 0. The normalized spacial score (nSPS) is 11.4. The third-order valence-corrected chi connectivity index (χ3v) is 2.94. The molecule has 0 radical (unpaired) electrons. The first kappa shape index (κ1) is 11.2. The molecule has 0 aliphatic carbocycles. The molecular weight excluding hydrogens is 244 g/mol. The van der Waals surface area contributed by atoms with Gasteiger partial charge in [-0.2, -0.15) is 0 Å². The molecule has 3 N–H and O–H groups in total. The van der Waals surface area contributed by atoms with Gasteiger partial charge in [-0.3, -0.25) is 0 Å². The average Bonchev–Trinajstić information content (AvgIpc) is 2.13. The first-order chi connectivity index (χ1) is 6.46. The van der Waals surface area contributed by atoms with Gasteiger partial charge in [-0.05, 0) is 36.2 Å². The SMILES string of the molecule is CCC(C)(C)Nc1ncnc(N)c1Br. The Kier molecular flexibility index (Phi) is 3.31. The van der Waals surface area contributed by atoms with Gasteiger partial charge in [0.15, 0.2) is 0 Å². The van der Waals surface area contributed by atoms with Crippen molar-refractivity contribution in [3.8, 4) is 0 Å². The van der Waals surface area contributed by atoms with E-state index in [1.54, 1.807) is 0 Å². The van der Waals surface area contributed by atoms with E-state index in [9.17, 15) is 0 Å². The molecule has 0 spiro atoms. The fourth-order valence-corrected chi connectivity index (χ4v) is 1.18. The molecular formula is C9H15BrN4. The van der Waals surface area contributed by atoms with Gasteiger partial charge in [-0.1, -0.05) is 6.92 Å². The van der Waals surface area contributed by atoms with Crippen LogP contribution in [0.5, 0.6) is 0 Å². The zero-order valence-corrected chi connectivity index (χ0v) is 10.2. The molecule has 1 rings (SSSR count). The predicted molar refractivity (Wildman–Crippen MR) is 62.1 cm³/mol. The summed E-state index contributed by atoms with van der Waals surface area (Å²) in [6.07, 6.45) is 2.46. The second-order valence-electron chi connectivity index (χ2n) is 3.78. The van der Waals surface area contributed by atoms with Gasteiger partial charge >= 0.3 is 0 Å². The van der Waals surface area contributed by atoms with E-state index >= 15 is 0 Å². The number of hydrogen-bond acceptors (Lipinski definition) is 4. The van der Waals surface area contributed by atoms with Crippen LogP contribution in [0.2, 0.25) is 0 Å². The van der Waals surface area contributed by atoms with Crippen molar-refractivity contribution in [3.05, 3.63) is 10.8 Å². The molecule has 1 aromatic rings. The van der Waals surface area contributed by atoms with E-state index in [1.165, 1.54) is 6.33 Å². The van der Waals surface area contributed by atoms with Gasteiger partial charge in [0.05, 0.1) is 0 Å². The van der Waals surface area contributed by atoms with Crippen molar-refractivity contribution in [1.29, 1.82) is 0 Å². The standard InChI is InChI=1S/C9H15BrN4/c1-4-9(2,3)14-8-6(10)7(11)12-5-13-8/h5H,4H2,1-3H3,(H3,11,12,13,14). The minimum atomic E-state index is 0.00329. The van der Waals surface area contributed by atoms with E-state index in [1.807, 2.05) is 0 Å². The van der Waals surface area contributed by atoms with E-state index < -0.39 is 0 Å². The number of nitrogens with zero attached hydrogens (tertiary/aromatic N) is 2. The van der Waals surface area contributed by atoms with Gasteiger partial charge in [-0.15, -0.1) is 0 Å². The van der Waals surface area contributed by atoms with Crippen LogP contribution in [-0.2, 0) is 0 Å². The molecule has 0 aromatic carbocycles. The zero-order valence-electron chi connectivity index (χ0n) is 8.63. The van der Waals surface area contributed by atoms with Gasteiger partial charge in [0, 0.05) is 5.54 Å². The summed E-state index contributed by atoms with van der Waals surface area (Å²) in [5.74, 6) is 1.19. The van der Waals surface area contributed by atoms with Gasteiger partial charge < -0.3 is 11.1 Å². The van der Waals surface area contributed by atoms with Crippen LogP contribution in [0.3, 0.4) is 0 Å². The van der Waals surface area contributed by atoms with Crippen molar-refractivity contribution < 1.29 is 0 Å². The van der Waals surface area contributed by atoms with Crippen LogP contribution < -0.4 is 11.1 Å². The molecule has 0 aliphatic heterocycles. The summed E-state index contributed by atoms with van der Waals surface area (Å²) in [7, 11) is 0. The highest BCUT2D eigenvalue weighted by Crippen LogP contribution is 2.27. The Morgan fingerprint density at radius 2 is 2.14 bits per heavy atom. The quantitative estimate of drug-likeness (QED) is 0.874. The summed E-state index contributed by atoms with van der Waals surface area (Å²) >= 11 is 3.35. The Balaban J connectivity index is 2.92. The predicted octanol–water partition coefficient (Wildman–Crippen LogP) is 2.42. The lowest BCUT2D eigenvalue weighted by molar-refractivity contribution is 0.544. The highest BCUT2D eigenvalue weighted by Gasteiger charge is 2.17. The summed E-state index contributed by atoms with van der Waals surface area (Å²) in [4.78, 5) is 8.00. The Bertz CT molecular complexity index is 325. The second-order valence-corrected chi connectivity index (χ2v) is 4.58. The molecule has 4 nitrogen and oxygen atoms in total. The van der Waals surface area contributed by atoms with E-state index in [2.05, 4.69) is 52.0 Å². The number of nitrogens with two attached hydrogens (primary N) is 1. The lowest BCUT2D eigenvalue weighted by Crippen LogP contribution is -2.30. The van der Waals surface area contributed by atoms with Crippen molar-refractivity contribution in [3.63, 3.8) is 0 Å². The molecule has 0 bridgehead atoms. The van der Waals surface area contributed by atoms with Crippen LogP contribution in [0.1, 0.15) is 27.2 Å². The minimum Gasteiger partial charge on any atom is -0.383 e. The maximum atomic E-state index is 5.64. The third kappa shape index (κ3) is 2.57. The molecule has 0 atom stereocenters. The molecule has 0 unspecified atom stereocenters. The average molecular weight is 259 g/mol. The van der Waals surface area contributed by atoms with Gasteiger partial charge in [0.2, 0.25) is 0 Å². The lowest BCUT2D eigenvalue weighted by atomic mass is 10.0. The molecule has 14 heavy (non-hydrogen) atoms. The number of hydrogen-bond donors (Lipinski definition) is 2. The van der Waals surface area contributed by atoms with Crippen LogP contribution in [-0.4, -0.2) is 15.5 Å². The van der Waals surface area contributed by atoms with Crippen molar-refractivity contribution >= 4 is 27.6 Å². The van der Waals surface area contributed by atoms with Crippen LogP contribution in [0.15, 0.2) is 10.8 Å². The van der Waals surface area contributed by atoms with Crippen LogP contribution >= 0.6 is 15.9 Å². The number of nitrogen functional groups attached to an aromatic ring is 1. The van der Waals surface area contributed by atoms with Gasteiger partial charge in [0.25, 0.3) is 0 Å². The van der Waals surface area contributed by atoms with Crippen LogP contribution in [0, 0.1) is 0 Å². The number of aromatic nitrogens is 2. The molecule has 0 saturated carbocycles. The van der Waals surface area contributed by atoms with Crippen molar-refractivity contribution in [1.82, 2.24) is 9.97 Å². The van der Waals surface area contributed by atoms with Crippen LogP contribution in [0.4, 0.5) is 11.6 Å². The van der Waals surface area contributed by atoms with Crippen molar-refractivity contribution in [2.24, 2.45) is 0 Å². The number of rotatable bonds is 3. The third-order valence-electron chi connectivity index (χ3n) is 2.16. The second kappa shape index (κ2) is 4.13. The number of halogens is 1. The van der Waals surface area contributed by atoms with Crippen molar-refractivity contribution in [2.45, 2.75) is 32.7 Å². The Labute approximate surface area is 92.5 Å². The first-order valence-corrected chi connectivity index (χ1v) is 5.29. The summed E-state index contributed by atoms with van der Waals surface area (Å²) in [5.41, 5.74) is 5.65. The molecule has 5 heteroatoms. The summed E-state index contributed by atoms with van der Waals surface area (Å²) in [5, 5.41) is 3.30. The number of anilines is 2. The topological polar surface area (TPSA) is 63.8 Å². The first-order valence-electron chi connectivity index (χ1n) is 4.50. The molecule has 0 aliphatic rings. The highest BCUT2D eigenvalue weighted by atomic mass is 79.9. The fourth-order valence-electron chi connectivity index (χ4n) is 0.880. The monoisotopic (exact) mass is 258 g/mol. The van der Waals surface area contributed by atoms with Gasteiger partial charge in [-0.25, -0.2) is 9.97 Å².